The number of benzene rings is 1. The number of amides is 1. The maximum absolute atomic E-state index is 11.5. The fourth-order valence-corrected chi connectivity index (χ4v) is 1.82. The predicted octanol–water partition coefficient (Wildman–Crippen LogP) is 1.86. The van der Waals surface area contributed by atoms with Crippen LogP contribution in [0.2, 0.25) is 0 Å². The number of aldehydes is 1. The van der Waals surface area contributed by atoms with Crippen molar-refractivity contribution in [3.8, 4) is 0 Å². The van der Waals surface area contributed by atoms with Gasteiger partial charge < -0.3 is 5.32 Å². The van der Waals surface area contributed by atoms with Gasteiger partial charge in [0.2, 0.25) is 0 Å². The Kier molecular flexibility index (Phi) is 2.37. The van der Waals surface area contributed by atoms with Crippen LogP contribution in [0.5, 0.6) is 0 Å². The summed E-state index contributed by atoms with van der Waals surface area (Å²) < 4.78 is 0. The van der Waals surface area contributed by atoms with E-state index in [4.69, 9.17) is 0 Å². The van der Waals surface area contributed by atoms with Gasteiger partial charge >= 0.3 is 0 Å². The lowest BCUT2D eigenvalue weighted by atomic mass is 10.00. The standard InChI is InChI=1S/C12H11NO2/c1-2-3-11-10-6-8(7-14)4-5-9(10)12(15)13-11/h2,4-7,11H,1,3H2,(H,13,15). The molecule has 1 N–H and O–H groups in total. The number of carbonyl (C=O) groups excluding carboxylic acids is 2. The molecule has 0 bridgehead atoms. The van der Waals surface area contributed by atoms with Crippen LogP contribution in [-0.2, 0) is 0 Å². The number of fused-ring (bicyclic) bond motifs is 1. The molecule has 1 aromatic carbocycles. The Morgan fingerprint density at radius 2 is 2.27 bits per heavy atom. The maximum atomic E-state index is 11.5. The summed E-state index contributed by atoms with van der Waals surface area (Å²) in [4.78, 5) is 22.1. The van der Waals surface area contributed by atoms with E-state index in [0.29, 0.717) is 17.5 Å². The molecule has 1 atom stereocenters. The van der Waals surface area contributed by atoms with Gasteiger partial charge in [-0.15, -0.1) is 6.58 Å². The molecule has 0 radical (unpaired) electrons. The molecule has 1 amide bonds. The minimum atomic E-state index is -0.0747. The van der Waals surface area contributed by atoms with E-state index in [1.807, 2.05) is 0 Å². The summed E-state index contributed by atoms with van der Waals surface area (Å²) in [6.45, 7) is 3.64. The minimum absolute atomic E-state index is 0.0371. The normalized spacial score (nSPS) is 18.1. The van der Waals surface area contributed by atoms with E-state index in [9.17, 15) is 9.59 Å². The smallest absolute Gasteiger partial charge is 0.252 e. The van der Waals surface area contributed by atoms with Crippen molar-refractivity contribution in [1.29, 1.82) is 0 Å². The van der Waals surface area contributed by atoms with Crippen molar-refractivity contribution < 1.29 is 9.59 Å². The van der Waals surface area contributed by atoms with E-state index < -0.39 is 0 Å². The predicted molar refractivity (Wildman–Crippen MR) is 56.9 cm³/mol. The van der Waals surface area contributed by atoms with Crippen LogP contribution < -0.4 is 5.32 Å². The van der Waals surface area contributed by atoms with Gasteiger partial charge in [-0.05, 0) is 24.1 Å². The van der Waals surface area contributed by atoms with Crippen LogP contribution >= 0.6 is 0 Å². The average molecular weight is 201 g/mol. The van der Waals surface area contributed by atoms with Gasteiger partial charge in [-0.1, -0.05) is 12.1 Å². The van der Waals surface area contributed by atoms with Crippen molar-refractivity contribution in [1.82, 2.24) is 5.32 Å². The summed E-state index contributed by atoms with van der Waals surface area (Å²) in [5.74, 6) is -0.0747. The molecule has 0 spiro atoms. The third-order valence-electron chi connectivity index (χ3n) is 2.54. The molecule has 0 saturated heterocycles. The molecule has 15 heavy (non-hydrogen) atoms. The summed E-state index contributed by atoms with van der Waals surface area (Å²) in [5, 5.41) is 2.85. The van der Waals surface area contributed by atoms with Crippen LogP contribution in [0.15, 0.2) is 30.9 Å². The van der Waals surface area contributed by atoms with Crippen LogP contribution in [0.4, 0.5) is 0 Å². The molecule has 1 heterocycles. The maximum Gasteiger partial charge on any atom is 0.252 e. The van der Waals surface area contributed by atoms with E-state index in [1.54, 1.807) is 24.3 Å². The molecular weight excluding hydrogens is 190 g/mol. The first-order valence-electron chi connectivity index (χ1n) is 4.77. The van der Waals surface area contributed by atoms with E-state index >= 15 is 0 Å². The summed E-state index contributed by atoms with van der Waals surface area (Å²) in [6.07, 6.45) is 3.22. The number of hydrogen-bond acceptors (Lipinski definition) is 2. The highest BCUT2D eigenvalue weighted by Crippen LogP contribution is 2.28. The van der Waals surface area contributed by atoms with Crippen molar-refractivity contribution in [2.75, 3.05) is 0 Å². The summed E-state index contributed by atoms with van der Waals surface area (Å²) in [6, 6.07) is 5.07. The second-order valence-corrected chi connectivity index (χ2v) is 3.51. The first kappa shape index (κ1) is 9.65. The Balaban J connectivity index is 2.46. The van der Waals surface area contributed by atoms with E-state index in [1.165, 1.54) is 0 Å². The fourth-order valence-electron chi connectivity index (χ4n) is 1.82. The Morgan fingerprint density at radius 3 is 2.93 bits per heavy atom. The van der Waals surface area contributed by atoms with Crippen LogP contribution in [-0.4, -0.2) is 12.2 Å². The zero-order valence-corrected chi connectivity index (χ0v) is 8.19. The van der Waals surface area contributed by atoms with Gasteiger partial charge in [-0.2, -0.15) is 0 Å². The second-order valence-electron chi connectivity index (χ2n) is 3.51. The molecule has 0 saturated carbocycles. The summed E-state index contributed by atoms with van der Waals surface area (Å²) in [5.41, 5.74) is 2.15. The third kappa shape index (κ3) is 1.56. The average Bonchev–Trinajstić information content (AvgIpc) is 2.56. The summed E-state index contributed by atoms with van der Waals surface area (Å²) >= 11 is 0. The highest BCUT2D eigenvalue weighted by molar-refractivity contribution is 5.99. The molecule has 0 aliphatic carbocycles. The molecule has 1 aliphatic rings. The monoisotopic (exact) mass is 201 g/mol. The Hall–Kier alpha value is -1.90. The number of hydrogen-bond donors (Lipinski definition) is 1. The van der Waals surface area contributed by atoms with E-state index in [2.05, 4.69) is 11.9 Å². The largest absolute Gasteiger partial charge is 0.345 e. The lowest BCUT2D eigenvalue weighted by Crippen LogP contribution is -2.18. The van der Waals surface area contributed by atoms with Gasteiger partial charge in [-0.3, -0.25) is 9.59 Å². The number of carbonyl (C=O) groups is 2. The molecule has 1 aliphatic heterocycles. The molecule has 3 heteroatoms. The Morgan fingerprint density at radius 1 is 1.47 bits per heavy atom. The highest BCUT2D eigenvalue weighted by atomic mass is 16.2. The van der Waals surface area contributed by atoms with Crippen LogP contribution in [0.25, 0.3) is 0 Å². The van der Waals surface area contributed by atoms with Gasteiger partial charge in [0.25, 0.3) is 5.91 Å². The molecule has 2 rings (SSSR count). The van der Waals surface area contributed by atoms with Gasteiger partial charge in [-0.25, -0.2) is 0 Å². The van der Waals surface area contributed by atoms with Crippen molar-refractivity contribution in [2.45, 2.75) is 12.5 Å². The highest BCUT2D eigenvalue weighted by Gasteiger charge is 2.27. The Bertz CT molecular complexity index is 437. The van der Waals surface area contributed by atoms with Gasteiger partial charge in [0.1, 0.15) is 6.29 Å². The molecule has 1 unspecified atom stereocenters. The molecule has 3 nitrogen and oxygen atoms in total. The van der Waals surface area contributed by atoms with Crippen molar-refractivity contribution in [3.05, 3.63) is 47.5 Å². The molecule has 0 fully saturated rings. The quantitative estimate of drug-likeness (QED) is 0.599. The van der Waals surface area contributed by atoms with Crippen LogP contribution in [0.3, 0.4) is 0 Å². The molecular formula is C12H11NO2. The van der Waals surface area contributed by atoms with Crippen LogP contribution in [0.1, 0.15) is 38.7 Å². The number of rotatable bonds is 3. The number of nitrogens with one attached hydrogen (secondary N) is 1. The van der Waals surface area contributed by atoms with Crippen molar-refractivity contribution >= 4 is 12.2 Å². The molecule has 1 aromatic rings. The third-order valence-corrected chi connectivity index (χ3v) is 2.54. The van der Waals surface area contributed by atoms with Crippen LogP contribution in [0, 0.1) is 0 Å². The molecule has 0 aromatic heterocycles. The Labute approximate surface area is 87.8 Å². The van der Waals surface area contributed by atoms with Gasteiger partial charge in [0.15, 0.2) is 0 Å². The van der Waals surface area contributed by atoms with Crippen molar-refractivity contribution in [3.63, 3.8) is 0 Å². The van der Waals surface area contributed by atoms with Gasteiger partial charge in [0.05, 0.1) is 6.04 Å². The lowest BCUT2D eigenvalue weighted by Gasteiger charge is -2.08. The van der Waals surface area contributed by atoms with Gasteiger partial charge in [0, 0.05) is 11.1 Å². The zero-order chi connectivity index (χ0) is 10.8. The van der Waals surface area contributed by atoms with E-state index in [-0.39, 0.29) is 11.9 Å². The molecule has 76 valence electrons. The second kappa shape index (κ2) is 3.69. The lowest BCUT2D eigenvalue weighted by molar-refractivity contribution is 0.0956. The van der Waals surface area contributed by atoms with Crippen molar-refractivity contribution in [2.24, 2.45) is 0 Å². The SMILES string of the molecule is C=CCC1NC(=O)c2ccc(C=O)cc21. The summed E-state index contributed by atoms with van der Waals surface area (Å²) in [7, 11) is 0. The minimum Gasteiger partial charge on any atom is -0.345 e. The zero-order valence-electron chi connectivity index (χ0n) is 8.19. The first-order valence-corrected chi connectivity index (χ1v) is 4.77. The topological polar surface area (TPSA) is 46.2 Å². The first-order chi connectivity index (χ1) is 7.26. The fraction of sp³-hybridized carbons (Fsp3) is 0.167. The van der Waals surface area contributed by atoms with E-state index in [0.717, 1.165) is 11.8 Å².